The van der Waals surface area contributed by atoms with E-state index in [2.05, 4.69) is 19.3 Å². The Morgan fingerprint density at radius 2 is 2.06 bits per heavy atom. The third kappa shape index (κ3) is 4.94. The third-order valence-electron chi connectivity index (χ3n) is 4.10. The molecule has 1 fully saturated rings. The Hall–Kier alpha value is -0.120. The van der Waals surface area contributed by atoms with Gasteiger partial charge in [-0.1, -0.05) is 39.5 Å². The smallest absolute Gasteiger partial charge is 0.0765 e. The van der Waals surface area contributed by atoms with Gasteiger partial charge < -0.3 is 4.74 Å². The highest BCUT2D eigenvalue weighted by molar-refractivity contribution is 4.90. The van der Waals surface area contributed by atoms with Crippen LogP contribution in [0, 0.1) is 11.8 Å². The van der Waals surface area contributed by atoms with Gasteiger partial charge in [-0.05, 0) is 31.1 Å². The molecule has 3 unspecified atom stereocenters. The molecule has 0 radical (unpaired) electrons. The predicted molar refractivity (Wildman–Crippen MR) is 72.6 cm³/mol. The number of hydrogen-bond acceptors (Lipinski definition) is 3. The summed E-state index contributed by atoms with van der Waals surface area (Å²) in [5, 5.41) is 0. The molecule has 0 spiro atoms. The summed E-state index contributed by atoms with van der Waals surface area (Å²) in [5.74, 6) is 7.24. The Morgan fingerprint density at radius 3 is 2.47 bits per heavy atom. The number of unbranched alkanes of at least 4 members (excludes halogenated alkanes) is 1. The summed E-state index contributed by atoms with van der Waals surface area (Å²) in [4.78, 5) is 0. The highest BCUT2D eigenvalue weighted by atomic mass is 16.5. The van der Waals surface area contributed by atoms with Crippen LogP contribution in [0.4, 0.5) is 0 Å². The van der Waals surface area contributed by atoms with Gasteiger partial charge in [0.05, 0.1) is 6.10 Å². The maximum absolute atomic E-state index is 5.72. The van der Waals surface area contributed by atoms with Crippen molar-refractivity contribution in [3.05, 3.63) is 0 Å². The zero-order valence-electron chi connectivity index (χ0n) is 11.7. The summed E-state index contributed by atoms with van der Waals surface area (Å²) >= 11 is 0. The molecule has 1 rings (SSSR count). The van der Waals surface area contributed by atoms with Gasteiger partial charge >= 0.3 is 0 Å². The average molecular weight is 242 g/mol. The maximum Gasteiger partial charge on any atom is 0.0765 e. The molecule has 0 heterocycles. The Bertz CT molecular complexity index is 195. The molecule has 102 valence electrons. The molecule has 0 aromatic heterocycles. The van der Waals surface area contributed by atoms with E-state index in [1.165, 1.54) is 38.5 Å². The minimum absolute atomic E-state index is 0.315. The van der Waals surface area contributed by atoms with Gasteiger partial charge in [-0.3, -0.25) is 11.3 Å². The fourth-order valence-corrected chi connectivity index (χ4v) is 2.75. The first-order valence-electron chi connectivity index (χ1n) is 7.25. The topological polar surface area (TPSA) is 47.3 Å². The van der Waals surface area contributed by atoms with E-state index in [1.807, 2.05) is 7.11 Å². The molecule has 0 saturated heterocycles. The summed E-state index contributed by atoms with van der Waals surface area (Å²) in [6.45, 7) is 4.54. The molecule has 3 N–H and O–H groups in total. The highest BCUT2D eigenvalue weighted by Gasteiger charge is 2.37. The fraction of sp³-hybridized carbons (Fsp3) is 1.00. The second-order valence-corrected chi connectivity index (χ2v) is 5.46. The average Bonchev–Trinajstić information content (AvgIpc) is 3.17. The summed E-state index contributed by atoms with van der Waals surface area (Å²) in [6, 6.07) is 0.328. The third-order valence-corrected chi connectivity index (χ3v) is 4.10. The standard InChI is InChI=1S/C14H30N2O/c1-4-6-7-11(5-2)10-13(16-15)14(17-3)12-8-9-12/h11-14,16H,4-10,15H2,1-3H3. The van der Waals surface area contributed by atoms with Gasteiger partial charge in [-0.15, -0.1) is 0 Å². The van der Waals surface area contributed by atoms with E-state index in [0.717, 1.165) is 18.3 Å². The van der Waals surface area contributed by atoms with Crippen molar-refractivity contribution in [2.75, 3.05) is 7.11 Å². The van der Waals surface area contributed by atoms with Crippen molar-refractivity contribution in [1.82, 2.24) is 5.43 Å². The first-order chi connectivity index (χ1) is 8.26. The normalized spacial score (nSPS) is 21.2. The molecule has 1 saturated carbocycles. The van der Waals surface area contributed by atoms with Crippen molar-refractivity contribution < 1.29 is 4.74 Å². The van der Waals surface area contributed by atoms with Crippen LogP contribution < -0.4 is 11.3 Å². The SMILES string of the molecule is CCCCC(CC)CC(NN)C(OC)C1CC1. The molecular formula is C14H30N2O. The van der Waals surface area contributed by atoms with Crippen LogP contribution in [-0.2, 0) is 4.74 Å². The van der Waals surface area contributed by atoms with Crippen molar-refractivity contribution >= 4 is 0 Å². The Kier molecular flexibility index (Phi) is 7.09. The van der Waals surface area contributed by atoms with Crippen LogP contribution in [0.3, 0.4) is 0 Å². The van der Waals surface area contributed by atoms with E-state index in [9.17, 15) is 0 Å². The minimum Gasteiger partial charge on any atom is -0.379 e. The Balaban J connectivity index is 2.41. The van der Waals surface area contributed by atoms with Crippen LogP contribution in [0.5, 0.6) is 0 Å². The molecule has 0 aliphatic heterocycles. The molecule has 3 heteroatoms. The van der Waals surface area contributed by atoms with Crippen molar-refractivity contribution in [1.29, 1.82) is 0 Å². The Morgan fingerprint density at radius 1 is 1.35 bits per heavy atom. The predicted octanol–water partition coefficient (Wildman–Crippen LogP) is 2.85. The second-order valence-electron chi connectivity index (χ2n) is 5.46. The fourth-order valence-electron chi connectivity index (χ4n) is 2.75. The quantitative estimate of drug-likeness (QED) is 0.457. The van der Waals surface area contributed by atoms with Crippen molar-refractivity contribution in [3.8, 4) is 0 Å². The molecule has 0 bridgehead atoms. The van der Waals surface area contributed by atoms with Gasteiger partial charge in [-0.25, -0.2) is 0 Å². The van der Waals surface area contributed by atoms with Gasteiger partial charge in [-0.2, -0.15) is 0 Å². The lowest BCUT2D eigenvalue weighted by molar-refractivity contribution is 0.0421. The monoisotopic (exact) mass is 242 g/mol. The van der Waals surface area contributed by atoms with Gasteiger partial charge in [0.1, 0.15) is 0 Å². The van der Waals surface area contributed by atoms with E-state index in [4.69, 9.17) is 10.6 Å². The first-order valence-corrected chi connectivity index (χ1v) is 7.25. The molecule has 0 aromatic carbocycles. The lowest BCUT2D eigenvalue weighted by Gasteiger charge is -2.28. The molecular weight excluding hydrogens is 212 g/mol. The van der Waals surface area contributed by atoms with Crippen LogP contribution >= 0.6 is 0 Å². The van der Waals surface area contributed by atoms with E-state index >= 15 is 0 Å². The number of rotatable bonds is 10. The van der Waals surface area contributed by atoms with Crippen LogP contribution in [0.2, 0.25) is 0 Å². The number of hydrogen-bond donors (Lipinski definition) is 2. The lowest BCUT2D eigenvalue weighted by Crippen LogP contribution is -2.47. The summed E-state index contributed by atoms with van der Waals surface area (Å²) in [7, 11) is 1.82. The molecule has 0 amide bonds. The first kappa shape index (κ1) is 14.9. The van der Waals surface area contributed by atoms with Gasteiger partial charge in [0.2, 0.25) is 0 Å². The van der Waals surface area contributed by atoms with E-state index in [-0.39, 0.29) is 0 Å². The van der Waals surface area contributed by atoms with Crippen molar-refractivity contribution in [2.45, 2.75) is 70.9 Å². The minimum atomic E-state index is 0.315. The number of nitrogens with two attached hydrogens (primary N) is 1. The largest absolute Gasteiger partial charge is 0.379 e. The van der Waals surface area contributed by atoms with E-state index < -0.39 is 0 Å². The van der Waals surface area contributed by atoms with Gasteiger partial charge in [0, 0.05) is 13.2 Å². The highest BCUT2D eigenvalue weighted by Crippen LogP contribution is 2.37. The van der Waals surface area contributed by atoms with Gasteiger partial charge in [0.25, 0.3) is 0 Å². The van der Waals surface area contributed by atoms with Crippen LogP contribution in [0.1, 0.15) is 58.8 Å². The van der Waals surface area contributed by atoms with Crippen LogP contribution in [0.25, 0.3) is 0 Å². The van der Waals surface area contributed by atoms with Crippen LogP contribution in [0.15, 0.2) is 0 Å². The second kappa shape index (κ2) is 8.06. The molecule has 3 atom stereocenters. The summed E-state index contributed by atoms with van der Waals surface area (Å²) in [5.41, 5.74) is 2.99. The molecule has 17 heavy (non-hydrogen) atoms. The van der Waals surface area contributed by atoms with E-state index in [0.29, 0.717) is 12.1 Å². The van der Waals surface area contributed by atoms with E-state index in [1.54, 1.807) is 0 Å². The van der Waals surface area contributed by atoms with Crippen molar-refractivity contribution in [2.24, 2.45) is 17.7 Å². The van der Waals surface area contributed by atoms with Crippen LogP contribution in [-0.4, -0.2) is 19.3 Å². The number of methoxy groups -OCH3 is 1. The lowest BCUT2D eigenvalue weighted by atomic mass is 9.89. The maximum atomic E-state index is 5.72. The molecule has 3 nitrogen and oxygen atoms in total. The number of nitrogens with one attached hydrogen (secondary N) is 1. The Labute approximate surface area is 106 Å². The van der Waals surface area contributed by atoms with Crippen molar-refractivity contribution in [3.63, 3.8) is 0 Å². The zero-order valence-corrected chi connectivity index (χ0v) is 11.7. The molecule has 0 aromatic rings. The number of hydrazine groups is 1. The zero-order chi connectivity index (χ0) is 12.7. The summed E-state index contributed by atoms with van der Waals surface area (Å²) in [6.07, 6.45) is 9.28. The molecule has 1 aliphatic rings. The molecule has 1 aliphatic carbocycles. The number of ether oxygens (including phenoxy) is 1. The van der Waals surface area contributed by atoms with Gasteiger partial charge in [0.15, 0.2) is 0 Å². The summed E-state index contributed by atoms with van der Waals surface area (Å²) < 4.78 is 5.63.